The van der Waals surface area contributed by atoms with Gasteiger partial charge in [0.1, 0.15) is 24.4 Å². The SMILES string of the molecule is [C-]#[N+]c1cc(Cl)cc(C(C)(C)c2ccc(OCc3ccnc(N4CCN(C5CCN(CC(=O)N[C@H](C(=O)N6C[C@H](O)C[C@H]6C(=O)N[C@@H](C)c6ccc(-c7scnc7C)cc6)C(C)(C)C)CC5)CC4)n3)cc2)c1. The van der Waals surface area contributed by atoms with E-state index in [9.17, 15) is 19.5 Å². The first-order valence-corrected chi connectivity index (χ1v) is 26.2. The van der Waals surface area contributed by atoms with Gasteiger partial charge < -0.3 is 30.3 Å². The van der Waals surface area contributed by atoms with Crippen LogP contribution >= 0.6 is 22.9 Å². The Bertz CT molecular complexity index is 2740. The number of benzene rings is 3. The highest BCUT2D eigenvalue weighted by Crippen LogP contribution is 2.37. The highest BCUT2D eigenvalue weighted by molar-refractivity contribution is 7.13. The van der Waals surface area contributed by atoms with Crippen molar-refractivity contribution in [3.63, 3.8) is 0 Å². The smallest absolute Gasteiger partial charge is 0.246 e. The maximum absolute atomic E-state index is 14.3. The second-order valence-electron chi connectivity index (χ2n) is 21.0. The lowest BCUT2D eigenvalue weighted by atomic mass is 9.78. The Hall–Kier alpha value is -5.96. The van der Waals surface area contributed by atoms with Gasteiger partial charge in [0.2, 0.25) is 23.7 Å². The molecule has 3 amide bonds. The fourth-order valence-electron chi connectivity index (χ4n) is 10.1. The van der Waals surface area contributed by atoms with E-state index in [0.717, 1.165) is 96.4 Å². The molecule has 0 aliphatic carbocycles. The Morgan fingerprint density at radius 1 is 0.917 bits per heavy atom. The molecule has 17 heteroatoms. The van der Waals surface area contributed by atoms with Crippen molar-refractivity contribution in [3.05, 3.63) is 129 Å². The molecule has 5 heterocycles. The summed E-state index contributed by atoms with van der Waals surface area (Å²) in [4.78, 5) is 68.6. The fourth-order valence-corrected chi connectivity index (χ4v) is 11.1. The van der Waals surface area contributed by atoms with Crippen molar-refractivity contribution >= 4 is 52.3 Å². The lowest BCUT2D eigenvalue weighted by Gasteiger charge is -2.42. The summed E-state index contributed by atoms with van der Waals surface area (Å²) in [6.45, 7) is 26.6. The van der Waals surface area contributed by atoms with Crippen LogP contribution in [0.3, 0.4) is 0 Å². The van der Waals surface area contributed by atoms with Crippen LogP contribution in [-0.4, -0.2) is 129 Å². The molecule has 3 aromatic carbocycles. The minimum atomic E-state index is -0.893. The average molecular weight is 1020 g/mol. The molecule has 5 aromatic rings. The maximum Gasteiger partial charge on any atom is 0.246 e. The molecule has 3 fully saturated rings. The number of aromatic nitrogens is 3. The van der Waals surface area contributed by atoms with E-state index in [4.69, 9.17) is 27.9 Å². The number of likely N-dealkylation sites (tertiary alicyclic amines) is 2. The number of aliphatic hydroxyl groups excluding tert-OH is 1. The summed E-state index contributed by atoms with van der Waals surface area (Å²) in [5, 5.41) is 17.4. The van der Waals surface area contributed by atoms with Crippen molar-refractivity contribution in [2.45, 2.75) is 110 Å². The lowest BCUT2D eigenvalue weighted by Crippen LogP contribution is -2.59. The quantitative estimate of drug-likeness (QED) is 0.0873. The van der Waals surface area contributed by atoms with Gasteiger partial charge in [-0.15, -0.1) is 11.3 Å². The summed E-state index contributed by atoms with van der Waals surface area (Å²) in [5.74, 6) is 0.475. The highest BCUT2D eigenvalue weighted by atomic mass is 35.5. The van der Waals surface area contributed by atoms with Crippen LogP contribution in [0, 0.1) is 18.9 Å². The molecule has 0 bridgehead atoms. The number of nitrogens with one attached hydrogen (secondary N) is 2. The van der Waals surface area contributed by atoms with Crippen LogP contribution < -0.4 is 20.3 Å². The molecular weight excluding hydrogens is 948 g/mol. The van der Waals surface area contributed by atoms with Crippen LogP contribution in [0.5, 0.6) is 5.75 Å². The van der Waals surface area contributed by atoms with Gasteiger partial charge >= 0.3 is 0 Å². The molecule has 380 valence electrons. The number of thiazole rings is 1. The predicted octanol–water partition coefficient (Wildman–Crippen LogP) is 7.97. The number of ether oxygens (including phenoxy) is 1. The summed E-state index contributed by atoms with van der Waals surface area (Å²) >= 11 is 7.91. The van der Waals surface area contributed by atoms with Gasteiger partial charge in [-0.25, -0.2) is 19.8 Å². The van der Waals surface area contributed by atoms with E-state index in [-0.39, 0.29) is 48.7 Å². The highest BCUT2D eigenvalue weighted by Gasteiger charge is 2.45. The van der Waals surface area contributed by atoms with Crippen molar-refractivity contribution in [3.8, 4) is 16.2 Å². The molecule has 0 radical (unpaired) electrons. The van der Waals surface area contributed by atoms with E-state index in [0.29, 0.717) is 29.3 Å². The molecule has 3 aliphatic heterocycles. The third-order valence-electron chi connectivity index (χ3n) is 14.5. The van der Waals surface area contributed by atoms with Crippen molar-refractivity contribution in [2.75, 3.05) is 57.3 Å². The number of halogens is 1. The molecule has 0 unspecified atom stereocenters. The number of nitrogens with zero attached hydrogens (tertiary/aromatic N) is 8. The molecule has 3 aliphatic rings. The van der Waals surface area contributed by atoms with Gasteiger partial charge in [0.05, 0.1) is 47.0 Å². The number of aliphatic hydroxyl groups is 1. The Balaban J connectivity index is 0.778. The van der Waals surface area contributed by atoms with E-state index in [1.165, 1.54) is 4.90 Å². The van der Waals surface area contributed by atoms with Crippen molar-refractivity contribution in [1.29, 1.82) is 0 Å². The second-order valence-corrected chi connectivity index (χ2v) is 22.3. The van der Waals surface area contributed by atoms with Gasteiger partial charge in [0.15, 0.2) is 5.69 Å². The van der Waals surface area contributed by atoms with E-state index in [1.54, 1.807) is 23.6 Å². The number of piperazine rings is 1. The minimum absolute atomic E-state index is 0.0174. The van der Waals surface area contributed by atoms with Crippen molar-refractivity contribution in [1.82, 2.24) is 40.3 Å². The number of hydrogen-bond acceptors (Lipinski definition) is 12. The summed E-state index contributed by atoms with van der Waals surface area (Å²) in [7, 11) is 0. The summed E-state index contributed by atoms with van der Waals surface area (Å²) in [5.41, 5.74) is 7.13. The van der Waals surface area contributed by atoms with E-state index < -0.39 is 23.6 Å². The molecular formula is C55H67ClN10O5S. The molecule has 15 nitrogen and oxygen atoms in total. The number of anilines is 1. The zero-order valence-electron chi connectivity index (χ0n) is 42.4. The number of carbonyl (C=O) groups excluding carboxylic acids is 3. The average Bonchev–Trinajstić information content (AvgIpc) is 3.99. The molecule has 3 N–H and O–H groups in total. The lowest BCUT2D eigenvalue weighted by molar-refractivity contribution is -0.144. The monoisotopic (exact) mass is 1010 g/mol. The molecule has 4 atom stereocenters. The van der Waals surface area contributed by atoms with Crippen molar-refractivity contribution < 1.29 is 24.2 Å². The Morgan fingerprint density at radius 3 is 2.28 bits per heavy atom. The minimum Gasteiger partial charge on any atom is -0.487 e. The number of carbonyl (C=O) groups is 3. The van der Waals surface area contributed by atoms with Gasteiger partial charge in [-0.3, -0.25) is 24.2 Å². The van der Waals surface area contributed by atoms with Crippen LogP contribution in [0.15, 0.2) is 84.5 Å². The number of amides is 3. The molecule has 72 heavy (non-hydrogen) atoms. The molecule has 0 saturated carbocycles. The fraction of sp³-hybridized carbons (Fsp3) is 0.473. The van der Waals surface area contributed by atoms with E-state index in [2.05, 4.69) is 54.0 Å². The molecule has 0 spiro atoms. The molecule has 3 saturated heterocycles. The van der Waals surface area contributed by atoms with Crippen molar-refractivity contribution in [2.24, 2.45) is 5.41 Å². The Kier molecular flexibility index (Phi) is 16.3. The molecule has 2 aromatic heterocycles. The summed E-state index contributed by atoms with van der Waals surface area (Å²) < 4.78 is 6.16. The van der Waals surface area contributed by atoms with E-state index >= 15 is 0 Å². The standard InChI is InChI=1S/C55H67ClN10O5S/c1-35(37-9-11-38(12-10-37)49-36(2)59-34-72-49)60-51(69)47-30-45(67)31-66(47)52(70)50(54(3,4)5)62-48(68)32-63-21-18-44(19-22-63)64-23-25-65(26-24-64)53-58-20-17-42(61-53)33-71-46-15-13-39(14-16-46)55(6,7)40-27-41(56)29-43(28-40)57-8/h9-17,20,27-29,34-35,44-45,47,50,67H,18-19,21-26,30-33H2,1-7H3,(H,60,69)(H,62,68)/t35-,45+,47-,50+/m0/s1. The van der Waals surface area contributed by atoms with Crippen LogP contribution in [0.25, 0.3) is 15.3 Å². The Labute approximate surface area is 432 Å². The van der Waals surface area contributed by atoms with Gasteiger partial charge in [-0.2, -0.15) is 0 Å². The second kappa shape index (κ2) is 22.4. The number of β-amino-alcohol motifs (C(OH)–C–C–N with tert-alkyl or cyclic N) is 1. The first-order chi connectivity index (χ1) is 34.4. The third-order valence-corrected chi connectivity index (χ3v) is 15.7. The summed E-state index contributed by atoms with van der Waals surface area (Å²) in [6.07, 6.45) is 2.91. The molecule has 8 rings (SSSR count). The van der Waals surface area contributed by atoms with Crippen LogP contribution in [0.2, 0.25) is 5.02 Å². The predicted molar refractivity (Wildman–Crippen MR) is 282 cm³/mol. The van der Waals surface area contributed by atoms with Gasteiger partial charge in [-0.1, -0.05) is 88.7 Å². The summed E-state index contributed by atoms with van der Waals surface area (Å²) in [6, 6.07) is 21.7. The topological polar surface area (TPSA) is 161 Å². The van der Waals surface area contributed by atoms with Gasteiger partial charge in [-0.05, 0) is 84.7 Å². The van der Waals surface area contributed by atoms with Crippen LogP contribution in [-0.2, 0) is 26.4 Å². The van der Waals surface area contributed by atoms with Crippen LogP contribution in [0.4, 0.5) is 11.6 Å². The third kappa shape index (κ3) is 12.4. The first-order valence-electron chi connectivity index (χ1n) is 24.9. The van der Waals surface area contributed by atoms with Gasteiger partial charge in [0.25, 0.3) is 0 Å². The van der Waals surface area contributed by atoms with Crippen LogP contribution in [0.1, 0.15) is 94.9 Å². The zero-order chi connectivity index (χ0) is 51.3. The first kappa shape index (κ1) is 52.4. The number of aryl methyl sites for hydroxylation is 1. The number of rotatable bonds is 15. The maximum atomic E-state index is 14.3. The van der Waals surface area contributed by atoms with E-state index in [1.807, 2.05) is 107 Å². The number of piperidine rings is 1. The normalized spacial score (nSPS) is 19.1. The zero-order valence-corrected chi connectivity index (χ0v) is 44.0. The largest absolute Gasteiger partial charge is 0.487 e. The van der Waals surface area contributed by atoms with Gasteiger partial charge in [0, 0.05) is 74.9 Å². The number of hydrogen-bond donors (Lipinski definition) is 3. The Morgan fingerprint density at radius 2 is 1.62 bits per heavy atom.